The van der Waals surface area contributed by atoms with Crippen LogP contribution in [0.4, 0.5) is 0 Å². The first-order chi connectivity index (χ1) is 11.9. The second-order valence-corrected chi connectivity index (χ2v) is 6.96. The van der Waals surface area contributed by atoms with E-state index < -0.39 is 5.41 Å². The van der Waals surface area contributed by atoms with Crippen LogP contribution in [0.2, 0.25) is 0 Å². The molecule has 1 N–H and O–H groups in total. The zero-order valence-corrected chi connectivity index (χ0v) is 15.7. The van der Waals surface area contributed by atoms with Crippen molar-refractivity contribution in [1.29, 1.82) is 0 Å². The summed E-state index contributed by atoms with van der Waals surface area (Å²) >= 11 is 0. The summed E-state index contributed by atoms with van der Waals surface area (Å²) in [4.78, 5) is 14.9. The number of benzene rings is 2. The molecular formula is C21H28N2O2. The molecule has 0 aliphatic carbocycles. The van der Waals surface area contributed by atoms with Gasteiger partial charge in [-0.2, -0.15) is 0 Å². The molecule has 0 aliphatic rings. The van der Waals surface area contributed by atoms with Crippen molar-refractivity contribution in [2.75, 3.05) is 27.7 Å². The Labute approximate surface area is 150 Å². The molecule has 0 unspecified atom stereocenters. The predicted octanol–water partition coefficient (Wildman–Crippen LogP) is 3.39. The molecule has 134 valence electrons. The Bertz CT molecular complexity index is 696. The summed E-state index contributed by atoms with van der Waals surface area (Å²) in [7, 11) is 5.69. The van der Waals surface area contributed by atoms with E-state index in [2.05, 4.69) is 16.3 Å². The SMILES string of the molecule is COc1cccc([C@H](CNC(=O)C(C)(C)c2ccccc2)N(C)C)c1. The van der Waals surface area contributed by atoms with Crippen molar-refractivity contribution in [3.05, 3.63) is 65.7 Å². The molecule has 0 saturated carbocycles. The fraction of sp³-hybridized carbons (Fsp3) is 0.381. The van der Waals surface area contributed by atoms with E-state index in [0.29, 0.717) is 6.54 Å². The number of ether oxygens (including phenoxy) is 1. The van der Waals surface area contributed by atoms with Gasteiger partial charge in [0.05, 0.1) is 18.6 Å². The zero-order valence-electron chi connectivity index (χ0n) is 15.7. The number of carbonyl (C=O) groups is 1. The third-order valence-electron chi connectivity index (χ3n) is 4.62. The van der Waals surface area contributed by atoms with E-state index in [4.69, 9.17) is 4.74 Å². The minimum Gasteiger partial charge on any atom is -0.497 e. The van der Waals surface area contributed by atoms with Gasteiger partial charge in [0.2, 0.25) is 5.91 Å². The molecule has 0 aliphatic heterocycles. The summed E-state index contributed by atoms with van der Waals surface area (Å²) in [6, 6.07) is 17.9. The summed E-state index contributed by atoms with van der Waals surface area (Å²) in [6.07, 6.45) is 0. The van der Waals surface area contributed by atoms with Crippen LogP contribution in [0.5, 0.6) is 5.75 Å². The Hall–Kier alpha value is -2.33. The predicted molar refractivity (Wildman–Crippen MR) is 102 cm³/mol. The number of amides is 1. The van der Waals surface area contributed by atoms with Crippen LogP contribution in [0.3, 0.4) is 0 Å². The lowest BCUT2D eigenvalue weighted by Gasteiger charge is -2.29. The molecular weight excluding hydrogens is 312 g/mol. The first kappa shape index (κ1) is 19.0. The van der Waals surface area contributed by atoms with Crippen LogP contribution in [0.15, 0.2) is 54.6 Å². The van der Waals surface area contributed by atoms with Crippen LogP contribution in [-0.4, -0.2) is 38.6 Å². The maximum absolute atomic E-state index is 12.8. The molecule has 2 rings (SSSR count). The summed E-state index contributed by atoms with van der Waals surface area (Å²) in [5, 5.41) is 3.12. The maximum Gasteiger partial charge on any atom is 0.230 e. The number of nitrogens with zero attached hydrogens (tertiary/aromatic N) is 1. The van der Waals surface area contributed by atoms with Crippen molar-refractivity contribution in [1.82, 2.24) is 10.2 Å². The molecule has 2 aromatic carbocycles. The third kappa shape index (κ3) is 4.60. The van der Waals surface area contributed by atoms with Crippen LogP contribution >= 0.6 is 0 Å². The molecule has 0 radical (unpaired) electrons. The van der Waals surface area contributed by atoms with Gasteiger partial charge in [-0.1, -0.05) is 42.5 Å². The Kier molecular flexibility index (Phi) is 6.21. The first-order valence-corrected chi connectivity index (χ1v) is 8.50. The van der Waals surface area contributed by atoms with E-state index in [9.17, 15) is 4.79 Å². The topological polar surface area (TPSA) is 41.6 Å². The monoisotopic (exact) mass is 340 g/mol. The van der Waals surface area contributed by atoms with Gasteiger partial charge in [-0.25, -0.2) is 0 Å². The molecule has 0 saturated heterocycles. The highest BCUT2D eigenvalue weighted by atomic mass is 16.5. The molecule has 1 atom stereocenters. The van der Waals surface area contributed by atoms with E-state index in [1.165, 1.54) is 0 Å². The fourth-order valence-corrected chi connectivity index (χ4v) is 2.84. The van der Waals surface area contributed by atoms with Gasteiger partial charge >= 0.3 is 0 Å². The smallest absolute Gasteiger partial charge is 0.230 e. The highest BCUT2D eigenvalue weighted by molar-refractivity contribution is 5.87. The molecule has 4 heteroatoms. The quantitative estimate of drug-likeness (QED) is 0.840. The Morgan fingerprint density at radius 2 is 1.80 bits per heavy atom. The van der Waals surface area contributed by atoms with Crippen molar-refractivity contribution in [3.8, 4) is 5.75 Å². The van der Waals surface area contributed by atoms with E-state index in [1.54, 1.807) is 7.11 Å². The number of carbonyl (C=O) groups excluding carboxylic acids is 1. The van der Waals surface area contributed by atoms with Gasteiger partial charge in [0.15, 0.2) is 0 Å². The minimum absolute atomic E-state index is 0.0217. The molecule has 0 fully saturated rings. The van der Waals surface area contributed by atoms with Gasteiger partial charge in [-0.05, 0) is 51.2 Å². The minimum atomic E-state index is -0.577. The highest BCUT2D eigenvalue weighted by Gasteiger charge is 2.30. The Balaban J connectivity index is 2.12. The summed E-state index contributed by atoms with van der Waals surface area (Å²) in [5.74, 6) is 0.841. The number of methoxy groups -OCH3 is 1. The molecule has 4 nitrogen and oxygen atoms in total. The van der Waals surface area contributed by atoms with Gasteiger partial charge in [-0.3, -0.25) is 4.79 Å². The summed E-state index contributed by atoms with van der Waals surface area (Å²) in [5.41, 5.74) is 1.55. The fourth-order valence-electron chi connectivity index (χ4n) is 2.84. The van der Waals surface area contributed by atoms with Crippen molar-refractivity contribution in [2.45, 2.75) is 25.3 Å². The molecule has 25 heavy (non-hydrogen) atoms. The van der Waals surface area contributed by atoms with E-state index in [1.807, 2.05) is 76.5 Å². The summed E-state index contributed by atoms with van der Waals surface area (Å²) in [6.45, 7) is 4.44. The van der Waals surface area contributed by atoms with Crippen molar-refractivity contribution < 1.29 is 9.53 Å². The second-order valence-electron chi connectivity index (χ2n) is 6.96. The number of hydrogen-bond donors (Lipinski definition) is 1. The first-order valence-electron chi connectivity index (χ1n) is 8.50. The lowest BCUT2D eigenvalue weighted by molar-refractivity contribution is -0.125. The summed E-state index contributed by atoms with van der Waals surface area (Å²) < 4.78 is 5.32. The molecule has 2 aromatic rings. The number of hydrogen-bond acceptors (Lipinski definition) is 3. The highest BCUT2D eigenvalue weighted by Crippen LogP contribution is 2.25. The maximum atomic E-state index is 12.8. The van der Waals surface area contributed by atoms with Crippen molar-refractivity contribution in [3.63, 3.8) is 0 Å². The van der Waals surface area contributed by atoms with E-state index in [-0.39, 0.29) is 11.9 Å². The van der Waals surface area contributed by atoms with Crippen molar-refractivity contribution in [2.24, 2.45) is 0 Å². The molecule has 0 bridgehead atoms. The van der Waals surface area contributed by atoms with Crippen molar-refractivity contribution >= 4 is 5.91 Å². The normalized spacial score (nSPS) is 12.7. The average molecular weight is 340 g/mol. The van der Waals surface area contributed by atoms with E-state index in [0.717, 1.165) is 16.9 Å². The van der Waals surface area contributed by atoms with Crippen LogP contribution < -0.4 is 10.1 Å². The third-order valence-corrected chi connectivity index (χ3v) is 4.62. The Morgan fingerprint density at radius 3 is 2.40 bits per heavy atom. The molecule has 0 spiro atoms. The molecule has 0 aromatic heterocycles. The van der Waals surface area contributed by atoms with Gasteiger partial charge in [-0.15, -0.1) is 0 Å². The molecule has 0 heterocycles. The van der Waals surface area contributed by atoms with Crippen LogP contribution in [0.1, 0.15) is 31.0 Å². The van der Waals surface area contributed by atoms with Gasteiger partial charge < -0.3 is 15.0 Å². The van der Waals surface area contributed by atoms with Gasteiger partial charge in [0.25, 0.3) is 0 Å². The number of nitrogens with one attached hydrogen (secondary N) is 1. The van der Waals surface area contributed by atoms with Gasteiger partial charge in [0.1, 0.15) is 5.75 Å². The number of likely N-dealkylation sites (N-methyl/N-ethyl adjacent to an activating group) is 1. The lowest BCUT2D eigenvalue weighted by atomic mass is 9.83. The standard InChI is InChI=1S/C21H28N2O2/c1-21(2,17-11-7-6-8-12-17)20(24)22-15-19(23(3)4)16-10-9-13-18(14-16)25-5/h6-14,19H,15H2,1-5H3,(H,22,24)/t19-/m0/s1. The Morgan fingerprint density at radius 1 is 1.12 bits per heavy atom. The average Bonchev–Trinajstić information content (AvgIpc) is 2.62. The van der Waals surface area contributed by atoms with Crippen LogP contribution in [-0.2, 0) is 10.2 Å². The van der Waals surface area contributed by atoms with Gasteiger partial charge in [0, 0.05) is 6.54 Å². The molecule has 1 amide bonds. The van der Waals surface area contributed by atoms with Crippen LogP contribution in [0, 0.1) is 0 Å². The van der Waals surface area contributed by atoms with E-state index >= 15 is 0 Å². The van der Waals surface area contributed by atoms with Crippen LogP contribution in [0.25, 0.3) is 0 Å². The lowest BCUT2D eigenvalue weighted by Crippen LogP contribution is -2.43. The number of rotatable bonds is 7. The largest absolute Gasteiger partial charge is 0.497 e. The second kappa shape index (κ2) is 8.17. The zero-order chi connectivity index (χ0) is 18.4.